The highest BCUT2D eigenvalue weighted by Crippen LogP contribution is 2.10. The molecule has 0 aliphatic carbocycles. The van der Waals surface area contributed by atoms with Crippen LogP contribution in [0.25, 0.3) is 0 Å². The van der Waals surface area contributed by atoms with Gasteiger partial charge in [0.05, 0.1) is 6.20 Å². The molecule has 0 aliphatic rings. The third-order valence-corrected chi connectivity index (χ3v) is 4.35. The van der Waals surface area contributed by atoms with Gasteiger partial charge in [-0.25, -0.2) is 0 Å². The van der Waals surface area contributed by atoms with Gasteiger partial charge in [0.15, 0.2) is 0 Å². The number of nitrogen functional groups attached to an aromatic ring is 1. The highest BCUT2D eigenvalue weighted by molar-refractivity contribution is 7.87. The minimum Gasteiger partial charge on any atom is -0.384 e. The number of rotatable bonds is 8. The molecular formula is C11H23N5O2S. The van der Waals surface area contributed by atoms with Crippen LogP contribution in [-0.2, 0) is 23.8 Å². The van der Waals surface area contributed by atoms with Crippen LogP contribution in [-0.4, -0.2) is 35.6 Å². The first-order chi connectivity index (χ1) is 8.92. The van der Waals surface area contributed by atoms with Crippen LogP contribution in [0.1, 0.15) is 32.3 Å². The number of aromatic nitrogens is 2. The fourth-order valence-corrected chi connectivity index (χ4v) is 3.11. The number of hydrogen-bond acceptors (Lipinski definition) is 4. The summed E-state index contributed by atoms with van der Waals surface area (Å²) in [5.74, 6) is 0.472. The Bertz CT molecular complexity index is 491. The summed E-state index contributed by atoms with van der Waals surface area (Å²) in [5, 5.41) is 3.98. The molecule has 3 N–H and O–H groups in total. The van der Waals surface area contributed by atoms with Crippen molar-refractivity contribution in [1.82, 2.24) is 18.8 Å². The Morgan fingerprint density at radius 2 is 1.95 bits per heavy atom. The normalized spacial score (nSPS) is 12.2. The Balaban J connectivity index is 2.70. The molecule has 0 amide bonds. The fourth-order valence-electron chi connectivity index (χ4n) is 1.74. The van der Waals surface area contributed by atoms with Crippen molar-refractivity contribution in [1.29, 1.82) is 0 Å². The molecule has 1 heterocycles. The summed E-state index contributed by atoms with van der Waals surface area (Å²) >= 11 is 0. The highest BCUT2D eigenvalue weighted by Gasteiger charge is 2.20. The second-order valence-corrected chi connectivity index (χ2v) is 6.16. The lowest BCUT2D eigenvalue weighted by atomic mass is 10.3. The molecule has 0 saturated carbocycles. The van der Waals surface area contributed by atoms with Gasteiger partial charge in [-0.15, -0.1) is 0 Å². The lowest BCUT2D eigenvalue weighted by molar-refractivity contribution is 0.402. The standard InChI is InChI=1S/C11H23N5O2S/c1-4-6-16(7-5-2)19(17,18)14-9-10-8-13-15(3)11(10)12/h8,14H,4-7,9,12H2,1-3H3. The molecule has 0 fully saturated rings. The van der Waals surface area contributed by atoms with Gasteiger partial charge in [0.1, 0.15) is 5.82 Å². The molecule has 0 spiro atoms. The monoisotopic (exact) mass is 289 g/mol. The van der Waals surface area contributed by atoms with Crippen molar-refractivity contribution in [3.63, 3.8) is 0 Å². The fraction of sp³-hybridized carbons (Fsp3) is 0.727. The summed E-state index contributed by atoms with van der Waals surface area (Å²) in [7, 11) is -1.75. The van der Waals surface area contributed by atoms with Crippen LogP contribution in [0, 0.1) is 0 Å². The summed E-state index contributed by atoms with van der Waals surface area (Å²) in [4.78, 5) is 0. The minimum atomic E-state index is -3.46. The van der Waals surface area contributed by atoms with E-state index in [0.717, 1.165) is 12.8 Å². The van der Waals surface area contributed by atoms with Gasteiger partial charge < -0.3 is 5.73 Å². The SMILES string of the molecule is CCCN(CCC)S(=O)(=O)NCc1cnn(C)c1N. The molecule has 7 nitrogen and oxygen atoms in total. The average molecular weight is 289 g/mol. The van der Waals surface area contributed by atoms with E-state index < -0.39 is 10.2 Å². The van der Waals surface area contributed by atoms with Crippen LogP contribution in [0.4, 0.5) is 5.82 Å². The lowest BCUT2D eigenvalue weighted by Crippen LogP contribution is -2.41. The maximum absolute atomic E-state index is 12.1. The van der Waals surface area contributed by atoms with E-state index in [1.165, 1.54) is 8.99 Å². The van der Waals surface area contributed by atoms with Gasteiger partial charge >= 0.3 is 0 Å². The van der Waals surface area contributed by atoms with Gasteiger partial charge in [0.2, 0.25) is 0 Å². The summed E-state index contributed by atoms with van der Waals surface area (Å²) in [6, 6.07) is 0. The molecular weight excluding hydrogens is 266 g/mol. The first kappa shape index (κ1) is 15.9. The van der Waals surface area contributed by atoms with Crippen molar-refractivity contribution in [2.24, 2.45) is 7.05 Å². The predicted octanol–water partition coefficient (Wildman–Crippen LogP) is 0.459. The predicted molar refractivity (Wildman–Crippen MR) is 75.5 cm³/mol. The van der Waals surface area contributed by atoms with Crippen LogP contribution in [0.3, 0.4) is 0 Å². The Labute approximate surface area is 115 Å². The number of nitrogens with two attached hydrogens (primary N) is 1. The first-order valence-corrected chi connectivity index (χ1v) is 7.87. The van der Waals surface area contributed by atoms with E-state index in [1.807, 2.05) is 13.8 Å². The summed E-state index contributed by atoms with van der Waals surface area (Å²) in [6.07, 6.45) is 3.15. The molecule has 1 aromatic rings. The molecule has 1 aromatic heterocycles. The van der Waals surface area contributed by atoms with E-state index in [-0.39, 0.29) is 6.54 Å². The van der Waals surface area contributed by atoms with Gasteiger partial charge in [-0.2, -0.15) is 22.5 Å². The molecule has 8 heteroatoms. The molecule has 1 rings (SSSR count). The van der Waals surface area contributed by atoms with E-state index in [9.17, 15) is 8.42 Å². The second-order valence-electron chi connectivity index (χ2n) is 4.40. The lowest BCUT2D eigenvalue weighted by Gasteiger charge is -2.21. The Hall–Kier alpha value is -1.12. The van der Waals surface area contributed by atoms with E-state index in [2.05, 4.69) is 9.82 Å². The van der Waals surface area contributed by atoms with Crippen molar-refractivity contribution < 1.29 is 8.42 Å². The Morgan fingerprint density at radius 1 is 1.37 bits per heavy atom. The van der Waals surface area contributed by atoms with Crippen LogP contribution >= 0.6 is 0 Å². The third kappa shape index (κ3) is 4.19. The molecule has 110 valence electrons. The second kappa shape index (κ2) is 6.88. The molecule has 0 radical (unpaired) electrons. The van der Waals surface area contributed by atoms with Crippen molar-refractivity contribution >= 4 is 16.0 Å². The van der Waals surface area contributed by atoms with Crippen LogP contribution in [0.5, 0.6) is 0 Å². The largest absolute Gasteiger partial charge is 0.384 e. The molecule has 0 bridgehead atoms. The summed E-state index contributed by atoms with van der Waals surface area (Å²) in [5.41, 5.74) is 6.46. The van der Waals surface area contributed by atoms with Crippen molar-refractivity contribution in [3.8, 4) is 0 Å². The molecule has 19 heavy (non-hydrogen) atoms. The van der Waals surface area contributed by atoms with E-state index in [4.69, 9.17) is 5.73 Å². The highest BCUT2D eigenvalue weighted by atomic mass is 32.2. The molecule has 0 aliphatic heterocycles. The first-order valence-electron chi connectivity index (χ1n) is 6.43. The van der Waals surface area contributed by atoms with Crippen molar-refractivity contribution in [3.05, 3.63) is 11.8 Å². The van der Waals surface area contributed by atoms with Crippen molar-refractivity contribution in [2.45, 2.75) is 33.2 Å². The molecule has 0 unspecified atom stereocenters. The van der Waals surface area contributed by atoms with Gasteiger partial charge in [-0.05, 0) is 12.8 Å². The molecule has 0 saturated heterocycles. The van der Waals surface area contributed by atoms with Crippen LogP contribution < -0.4 is 10.5 Å². The average Bonchev–Trinajstić information content (AvgIpc) is 2.67. The summed E-state index contributed by atoms with van der Waals surface area (Å²) in [6.45, 7) is 5.11. The van der Waals surface area contributed by atoms with E-state index in [0.29, 0.717) is 24.5 Å². The summed E-state index contributed by atoms with van der Waals surface area (Å²) < 4.78 is 29.8. The maximum atomic E-state index is 12.1. The number of nitrogens with one attached hydrogen (secondary N) is 1. The number of anilines is 1. The number of nitrogens with zero attached hydrogens (tertiary/aromatic N) is 3. The number of hydrogen-bond donors (Lipinski definition) is 2. The van der Waals surface area contributed by atoms with Gasteiger partial charge in [0, 0.05) is 32.2 Å². The zero-order chi connectivity index (χ0) is 14.5. The Kier molecular flexibility index (Phi) is 5.77. The topological polar surface area (TPSA) is 93.2 Å². The van der Waals surface area contributed by atoms with Gasteiger partial charge in [-0.1, -0.05) is 13.8 Å². The maximum Gasteiger partial charge on any atom is 0.279 e. The van der Waals surface area contributed by atoms with E-state index in [1.54, 1.807) is 13.2 Å². The molecule has 0 atom stereocenters. The smallest absolute Gasteiger partial charge is 0.279 e. The quantitative estimate of drug-likeness (QED) is 0.727. The van der Waals surface area contributed by atoms with Gasteiger partial charge in [-0.3, -0.25) is 4.68 Å². The Morgan fingerprint density at radius 3 is 2.37 bits per heavy atom. The van der Waals surface area contributed by atoms with Gasteiger partial charge in [0.25, 0.3) is 10.2 Å². The van der Waals surface area contributed by atoms with Crippen molar-refractivity contribution in [2.75, 3.05) is 18.8 Å². The van der Waals surface area contributed by atoms with Crippen LogP contribution in [0.2, 0.25) is 0 Å². The third-order valence-electron chi connectivity index (χ3n) is 2.80. The number of aryl methyl sites for hydroxylation is 1. The zero-order valence-electron chi connectivity index (χ0n) is 11.8. The molecule has 0 aromatic carbocycles. The van der Waals surface area contributed by atoms with Crippen LogP contribution in [0.15, 0.2) is 6.20 Å². The zero-order valence-corrected chi connectivity index (χ0v) is 12.6. The minimum absolute atomic E-state index is 0.159. The van der Waals surface area contributed by atoms with E-state index >= 15 is 0 Å².